The fourth-order valence-electron chi connectivity index (χ4n) is 2.66. The molecule has 0 saturated carbocycles. The molecule has 1 aliphatic heterocycles. The molecule has 0 bridgehead atoms. The normalized spacial score (nSPS) is 13.8. The van der Waals surface area contributed by atoms with Crippen molar-refractivity contribution in [2.24, 2.45) is 5.10 Å². The van der Waals surface area contributed by atoms with Gasteiger partial charge in [-0.15, -0.1) is 10.2 Å². The third-order valence-corrected chi connectivity index (χ3v) is 6.08. The zero-order chi connectivity index (χ0) is 21.7. The van der Waals surface area contributed by atoms with Gasteiger partial charge < -0.3 is 4.74 Å². The van der Waals surface area contributed by atoms with Gasteiger partial charge in [0.2, 0.25) is 11.0 Å². The minimum absolute atomic E-state index is 0.121. The van der Waals surface area contributed by atoms with Crippen LogP contribution in [0.2, 0.25) is 0 Å². The lowest BCUT2D eigenvalue weighted by Crippen LogP contribution is -2.36. The molecule has 0 fully saturated rings. The van der Waals surface area contributed by atoms with E-state index in [1.807, 2.05) is 32.0 Å². The van der Waals surface area contributed by atoms with E-state index >= 15 is 0 Å². The van der Waals surface area contributed by atoms with Crippen LogP contribution in [0, 0.1) is 13.8 Å². The van der Waals surface area contributed by atoms with Crippen LogP contribution >= 0.6 is 23.1 Å². The van der Waals surface area contributed by atoms with Gasteiger partial charge in [-0.3, -0.25) is 19.7 Å². The lowest BCUT2D eigenvalue weighted by Gasteiger charge is -2.24. The molecule has 1 aliphatic rings. The number of hydrazone groups is 1. The summed E-state index contributed by atoms with van der Waals surface area (Å²) >= 11 is 2.34. The quantitative estimate of drug-likeness (QED) is 0.394. The van der Waals surface area contributed by atoms with Gasteiger partial charge >= 0.3 is 5.97 Å². The van der Waals surface area contributed by atoms with Crippen molar-refractivity contribution in [2.45, 2.75) is 38.0 Å². The van der Waals surface area contributed by atoms with Crippen LogP contribution in [-0.4, -0.2) is 46.1 Å². The highest BCUT2D eigenvalue weighted by atomic mass is 32.2. The molecule has 0 spiro atoms. The number of aromatic nitrogens is 2. The maximum absolute atomic E-state index is 12.6. The maximum Gasteiger partial charge on any atom is 0.316 e. The zero-order valence-corrected chi connectivity index (χ0v) is 18.4. The molecule has 0 saturated heterocycles. The number of anilines is 2. The minimum Gasteiger partial charge on any atom is -0.465 e. The molecule has 0 unspecified atom stereocenters. The molecule has 0 radical (unpaired) electrons. The fourth-order valence-corrected chi connectivity index (χ4v) is 4.21. The number of hydrogen-bond donors (Lipinski definition) is 1. The number of rotatable bonds is 7. The molecule has 30 heavy (non-hydrogen) atoms. The molecule has 2 heterocycles. The average molecular weight is 448 g/mol. The van der Waals surface area contributed by atoms with E-state index in [1.165, 1.54) is 16.8 Å². The van der Waals surface area contributed by atoms with E-state index in [4.69, 9.17) is 4.74 Å². The first-order chi connectivity index (χ1) is 14.4. The van der Waals surface area contributed by atoms with E-state index in [-0.39, 0.29) is 36.2 Å². The molecule has 3 rings (SSSR count). The summed E-state index contributed by atoms with van der Waals surface area (Å²) in [7, 11) is 0. The van der Waals surface area contributed by atoms with E-state index in [1.54, 1.807) is 6.92 Å². The SMILES string of the molecule is CCOC(=O)CSc1nnc(NC(=O)C2=NN(c3cc(C)ccc3C)C(=O)CC2)s1. The Morgan fingerprint density at radius 2 is 2.07 bits per heavy atom. The number of hydrogen-bond acceptors (Lipinski definition) is 9. The van der Waals surface area contributed by atoms with Gasteiger partial charge in [0.25, 0.3) is 5.91 Å². The first-order valence-electron chi connectivity index (χ1n) is 9.28. The Morgan fingerprint density at radius 3 is 2.83 bits per heavy atom. The van der Waals surface area contributed by atoms with Crippen LogP contribution in [0.1, 0.15) is 30.9 Å². The Hall–Kier alpha value is -2.79. The van der Waals surface area contributed by atoms with Gasteiger partial charge in [0, 0.05) is 12.8 Å². The maximum atomic E-state index is 12.6. The predicted molar refractivity (Wildman–Crippen MR) is 116 cm³/mol. The molecular weight excluding hydrogens is 426 g/mol. The first kappa shape index (κ1) is 21.9. The lowest BCUT2D eigenvalue weighted by atomic mass is 10.1. The number of thioether (sulfide) groups is 1. The Kier molecular flexibility index (Phi) is 7.16. The molecule has 9 nitrogen and oxygen atoms in total. The van der Waals surface area contributed by atoms with Crippen LogP contribution < -0.4 is 10.3 Å². The molecule has 158 valence electrons. The predicted octanol–water partition coefficient (Wildman–Crippen LogP) is 2.93. The van der Waals surface area contributed by atoms with Crippen LogP contribution in [0.3, 0.4) is 0 Å². The summed E-state index contributed by atoms with van der Waals surface area (Å²) in [5, 5.41) is 16.4. The molecule has 2 amide bonds. The van der Waals surface area contributed by atoms with Crippen LogP contribution in [0.5, 0.6) is 0 Å². The molecule has 11 heteroatoms. The smallest absolute Gasteiger partial charge is 0.316 e. The zero-order valence-electron chi connectivity index (χ0n) is 16.8. The second-order valence-corrected chi connectivity index (χ2v) is 8.66. The Balaban J connectivity index is 1.68. The third-order valence-electron chi connectivity index (χ3n) is 4.13. The molecule has 2 aromatic rings. The lowest BCUT2D eigenvalue weighted by molar-refractivity contribution is -0.139. The number of carbonyl (C=O) groups is 3. The van der Waals surface area contributed by atoms with Crippen molar-refractivity contribution in [1.29, 1.82) is 0 Å². The number of nitrogens with one attached hydrogen (secondary N) is 1. The number of amides is 2. The second-order valence-electron chi connectivity index (χ2n) is 6.46. The average Bonchev–Trinajstić information content (AvgIpc) is 3.16. The number of nitrogens with zero attached hydrogens (tertiary/aromatic N) is 4. The van der Waals surface area contributed by atoms with E-state index in [2.05, 4.69) is 20.6 Å². The van der Waals surface area contributed by atoms with Crippen LogP contribution in [0.15, 0.2) is 27.6 Å². The number of carbonyl (C=O) groups excluding carboxylic acids is 3. The van der Waals surface area contributed by atoms with Gasteiger partial charge in [0.1, 0.15) is 5.71 Å². The summed E-state index contributed by atoms with van der Waals surface area (Å²) in [5.74, 6) is -0.809. The number of aryl methyl sites for hydroxylation is 2. The molecule has 0 atom stereocenters. The highest BCUT2D eigenvalue weighted by molar-refractivity contribution is 8.01. The largest absolute Gasteiger partial charge is 0.465 e. The molecule has 1 N–H and O–H groups in total. The number of esters is 1. The van der Waals surface area contributed by atoms with Gasteiger partial charge in [-0.1, -0.05) is 35.2 Å². The van der Waals surface area contributed by atoms with Crippen LogP contribution in [0.25, 0.3) is 0 Å². The van der Waals surface area contributed by atoms with Crippen molar-refractivity contribution in [3.63, 3.8) is 0 Å². The van der Waals surface area contributed by atoms with E-state index in [9.17, 15) is 14.4 Å². The summed E-state index contributed by atoms with van der Waals surface area (Å²) in [6.45, 7) is 5.88. The monoisotopic (exact) mass is 447 g/mol. The van der Waals surface area contributed by atoms with Gasteiger partial charge in [-0.2, -0.15) is 5.10 Å². The highest BCUT2D eigenvalue weighted by Crippen LogP contribution is 2.27. The van der Waals surface area contributed by atoms with Crippen LogP contribution in [-0.2, 0) is 19.1 Å². The summed E-state index contributed by atoms with van der Waals surface area (Å²) in [6, 6.07) is 5.74. The van der Waals surface area contributed by atoms with Gasteiger partial charge in [0.05, 0.1) is 18.0 Å². The Labute approximate surface area is 181 Å². The van der Waals surface area contributed by atoms with Crippen molar-refractivity contribution in [2.75, 3.05) is 22.7 Å². The number of ether oxygens (including phenoxy) is 1. The van der Waals surface area contributed by atoms with E-state index in [0.717, 1.165) is 22.5 Å². The molecule has 0 aliphatic carbocycles. The standard InChI is InChI=1S/C19H21N5O4S2/c1-4-28-16(26)10-29-19-22-21-18(30-19)20-17(27)13-7-8-15(25)24(23-13)14-9-11(2)5-6-12(14)3/h5-6,9H,4,7-8,10H2,1-3H3,(H,20,21,27). The Morgan fingerprint density at radius 1 is 1.27 bits per heavy atom. The van der Waals surface area contributed by atoms with Crippen molar-refractivity contribution >= 4 is 57.4 Å². The molecule has 1 aromatic carbocycles. The van der Waals surface area contributed by atoms with E-state index < -0.39 is 5.91 Å². The summed E-state index contributed by atoms with van der Waals surface area (Å²) in [5.41, 5.74) is 2.80. The minimum atomic E-state index is -0.434. The molecule has 1 aromatic heterocycles. The third kappa shape index (κ3) is 5.42. The summed E-state index contributed by atoms with van der Waals surface area (Å²) < 4.78 is 5.40. The van der Waals surface area contributed by atoms with Gasteiger partial charge in [0.15, 0.2) is 4.34 Å². The summed E-state index contributed by atoms with van der Waals surface area (Å²) in [6.07, 6.45) is 0.436. The fraction of sp³-hybridized carbons (Fsp3) is 0.368. The highest BCUT2D eigenvalue weighted by Gasteiger charge is 2.27. The second kappa shape index (κ2) is 9.81. The van der Waals surface area contributed by atoms with Crippen LogP contribution in [0.4, 0.5) is 10.8 Å². The van der Waals surface area contributed by atoms with Gasteiger partial charge in [-0.25, -0.2) is 5.01 Å². The Bertz CT molecular complexity index is 1000. The van der Waals surface area contributed by atoms with Crippen molar-refractivity contribution in [3.05, 3.63) is 29.3 Å². The topological polar surface area (TPSA) is 114 Å². The van der Waals surface area contributed by atoms with Crippen molar-refractivity contribution in [3.8, 4) is 0 Å². The number of benzene rings is 1. The van der Waals surface area contributed by atoms with Crippen molar-refractivity contribution < 1.29 is 19.1 Å². The van der Waals surface area contributed by atoms with E-state index in [0.29, 0.717) is 21.8 Å². The first-order valence-corrected chi connectivity index (χ1v) is 11.1. The molecular formula is C19H21N5O4S2. The summed E-state index contributed by atoms with van der Waals surface area (Å²) in [4.78, 5) is 36.5. The van der Waals surface area contributed by atoms with Crippen molar-refractivity contribution in [1.82, 2.24) is 10.2 Å². The van der Waals surface area contributed by atoms with Gasteiger partial charge in [-0.05, 0) is 38.0 Å².